The first-order valence-corrected chi connectivity index (χ1v) is 4.57. The summed E-state index contributed by atoms with van der Waals surface area (Å²) in [6.45, 7) is 0. The van der Waals surface area contributed by atoms with Crippen molar-refractivity contribution < 1.29 is 5.11 Å². The van der Waals surface area contributed by atoms with Crippen LogP contribution >= 0.6 is 27.5 Å². The molecule has 0 saturated heterocycles. The fraction of sp³-hybridized carbons (Fsp3) is 0.125. The minimum absolute atomic E-state index is 0.0819. The first-order chi connectivity index (χ1) is 6.07. The van der Waals surface area contributed by atoms with Crippen LogP contribution in [0.5, 0.6) is 5.75 Å². The highest BCUT2D eigenvalue weighted by molar-refractivity contribution is 9.10. The van der Waals surface area contributed by atoms with E-state index in [1.807, 2.05) is 0 Å². The Balaban J connectivity index is 3.35. The molecule has 0 bridgehead atoms. The van der Waals surface area contributed by atoms with Crippen LogP contribution in [0.3, 0.4) is 0 Å². The van der Waals surface area contributed by atoms with Gasteiger partial charge in [0.2, 0.25) is 0 Å². The standard InChI is InChI=1S/C8H6BrClN2O/c9-4-1-2-5(10)7(8(4)13)6(12)3-11/h1-2,6,13H,12H2. The van der Waals surface area contributed by atoms with E-state index in [-0.39, 0.29) is 16.3 Å². The molecule has 1 atom stereocenters. The maximum atomic E-state index is 9.52. The Morgan fingerprint density at radius 2 is 2.23 bits per heavy atom. The molecule has 13 heavy (non-hydrogen) atoms. The fourth-order valence-electron chi connectivity index (χ4n) is 0.917. The predicted octanol–water partition coefficient (Wildman–Crippen LogP) is 2.33. The molecule has 0 aliphatic carbocycles. The smallest absolute Gasteiger partial charge is 0.137 e. The summed E-state index contributed by atoms with van der Waals surface area (Å²) in [5.41, 5.74) is 5.69. The molecule has 3 N–H and O–H groups in total. The number of nitriles is 1. The van der Waals surface area contributed by atoms with Crippen molar-refractivity contribution in [2.24, 2.45) is 5.73 Å². The van der Waals surface area contributed by atoms with Gasteiger partial charge >= 0.3 is 0 Å². The lowest BCUT2D eigenvalue weighted by Gasteiger charge is -2.09. The molecule has 0 spiro atoms. The number of nitrogens with two attached hydrogens (primary N) is 1. The van der Waals surface area contributed by atoms with Crippen molar-refractivity contribution >= 4 is 27.5 Å². The van der Waals surface area contributed by atoms with Crippen molar-refractivity contribution in [1.29, 1.82) is 5.26 Å². The van der Waals surface area contributed by atoms with E-state index < -0.39 is 6.04 Å². The third-order valence-electron chi connectivity index (χ3n) is 1.56. The van der Waals surface area contributed by atoms with Gasteiger partial charge in [0.25, 0.3) is 0 Å². The van der Waals surface area contributed by atoms with Gasteiger partial charge in [-0.1, -0.05) is 11.6 Å². The Labute approximate surface area is 88.9 Å². The summed E-state index contributed by atoms with van der Waals surface area (Å²) >= 11 is 8.87. The van der Waals surface area contributed by atoms with E-state index in [0.29, 0.717) is 4.47 Å². The molecule has 3 nitrogen and oxygen atoms in total. The molecule has 1 aromatic carbocycles. The van der Waals surface area contributed by atoms with E-state index in [1.165, 1.54) is 0 Å². The number of nitrogens with zero attached hydrogens (tertiary/aromatic N) is 1. The molecule has 68 valence electrons. The minimum Gasteiger partial charge on any atom is -0.506 e. The van der Waals surface area contributed by atoms with Crippen molar-refractivity contribution in [3.8, 4) is 11.8 Å². The summed E-state index contributed by atoms with van der Waals surface area (Å²) in [5, 5.41) is 18.4. The molecule has 0 aromatic heterocycles. The molecule has 0 fully saturated rings. The number of halogens is 2. The Morgan fingerprint density at radius 1 is 1.62 bits per heavy atom. The summed E-state index contributed by atoms with van der Waals surface area (Å²) in [4.78, 5) is 0. The van der Waals surface area contributed by atoms with Gasteiger partial charge in [0, 0.05) is 5.56 Å². The number of hydrogen-bond donors (Lipinski definition) is 2. The lowest BCUT2D eigenvalue weighted by Crippen LogP contribution is -2.08. The van der Waals surface area contributed by atoms with Crippen LogP contribution in [-0.2, 0) is 0 Å². The van der Waals surface area contributed by atoms with Gasteiger partial charge in [0.15, 0.2) is 0 Å². The SMILES string of the molecule is N#CC(N)c1c(Cl)ccc(Br)c1O. The van der Waals surface area contributed by atoms with Crippen molar-refractivity contribution in [2.45, 2.75) is 6.04 Å². The second-order valence-corrected chi connectivity index (χ2v) is 3.66. The maximum absolute atomic E-state index is 9.52. The number of benzene rings is 1. The van der Waals surface area contributed by atoms with E-state index in [9.17, 15) is 5.11 Å². The number of aromatic hydroxyl groups is 1. The Bertz CT molecular complexity index is 375. The van der Waals surface area contributed by atoms with Gasteiger partial charge in [0.05, 0.1) is 15.6 Å². The lowest BCUT2D eigenvalue weighted by atomic mass is 10.1. The van der Waals surface area contributed by atoms with Gasteiger partial charge in [-0.3, -0.25) is 0 Å². The summed E-state index contributed by atoms with van der Waals surface area (Å²) in [5.74, 6) is -0.0819. The van der Waals surface area contributed by atoms with Crippen molar-refractivity contribution in [2.75, 3.05) is 0 Å². The number of rotatable bonds is 1. The maximum Gasteiger partial charge on any atom is 0.137 e. The van der Waals surface area contributed by atoms with Crippen LogP contribution < -0.4 is 5.73 Å². The number of hydrogen-bond acceptors (Lipinski definition) is 3. The molecule has 5 heteroatoms. The van der Waals surface area contributed by atoms with Gasteiger partial charge in [-0.05, 0) is 28.1 Å². The van der Waals surface area contributed by atoms with Crippen LogP contribution in [-0.4, -0.2) is 5.11 Å². The largest absolute Gasteiger partial charge is 0.506 e. The highest BCUT2D eigenvalue weighted by Gasteiger charge is 2.16. The van der Waals surface area contributed by atoms with Gasteiger partial charge in [0.1, 0.15) is 11.8 Å². The molecule has 1 aromatic rings. The topological polar surface area (TPSA) is 70.0 Å². The van der Waals surface area contributed by atoms with E-state index in [4.69, 9.17) is 22.6 Å². The van der Waals surface area contributed by atoms with Crippen molar-refractivity contribution in [3.63, 3.8) is 0 Å². The summed E-state index contributed by atoms with van der Waals surface area (Å²) < 4.78 is 0.470. The second kappa shape index (κ2) is 3.97. The monoisotopic (exact) mass is 260 g/mol. The zero-order valence-electron chi connectivity index (χ0n) is 6.46. The van der Waals surface area contributed by atoms with E-state index in [1.54, 1.807) is 18.2 Å². The molecule has 0 aliphatic heterocycles. The van der Waals surface area contributed by atoms with Crippen LogP contribution in [0.25, 0.3) is 0 Å². The molecule has 0 saturated carbocycles. The Morgan fingerprint density at radius 3 is 2.77 bits per heavy atom. The van der Waals surface area contributed by atoms with Crippen LogP contribution in [0.1, 0.15) is 11.6 Å². The Kier molecular flexibility index (Phi) is 3.15. The predicted molar refractivity (Wildman–Crippen MR) is 53.4 cm³/mol. The summed E-state index contributed by atoms with van der Waals surface area (Å²) in [6.07, 6.45) is 0. The third-order valence-corrected chi connectivity index (χ3v) is 2.53. The van der Waals surface area contributed by atoms with E-state index in [2.05, 4.69) is 15.9 Å². The first kappa shape index (κ1) is 10.3. The first-order valence-electron chi connectivity index (χ1n) is 3.40. The van der Waals surface area contributed by atoms with Crippen molar-refractivity contribution in [1.82, 2.24) is 0 Å². The summed E-state index contributed by atoms with van der Waals surface area (Å²) in [7, 11) is 0. The average molecular weight is 262 g/mol. The minimum atomic E-state index is -0.912. The molecular formula is C8H6BrClN2O. The van der Waals surface area contributed by atoms with Gasteiger partial charge in [-0.2, -0.15) is 5.26 Å². The van der Waals surface area contributed by atoms with Crippen LogP contribution in [0.15, 0.2) is 16.6 Å². The van der Waals surface area contributed by atoms with E-state index >= 15 is 0 Å². The van der Waals surface area contributed by atoms with Gasteiger partial charge in [-0.15, -0.1) is 0 Å². The van der Waals surface area contributed by atoms with Gasteiger partial charge in [-0.25, -0.2) is 0 Å². The average Bonchev–Trinajstić information content (AvgIpc) is 2.12. The van der Waals surface area contributed by atoms with E-state index in [0.717, 1.165) is 0 Å². The van der Waals surface area contributed by atoms with Crippen LogP contribution in [0, 0.1) is 11.3 Å². The quantitative estimate of drug-likeness (QED) is 0.815. The number of phenols is 1. The highest BCUT2D eigenvalue weighted by Crippen LogP contribution is 2.36. The zero-order valence-corrected chi connectivity index (χ0v) is 8.80. The molecule has 0 amide bonds. The normalized spacial score (nSPS) is 12.2. The Hall–Kier alpha value is -0.760. The van der Waals surface area contributed by atoms with Gasteiger partial charge < -0.3 is 10.8 Å². The molecule has 1 unspecified atom stereocenters. The van der Waals surface area contributed by atoms with Crippen molar-refractivity contribution in [3.05, 3.63) is 27.2 Å². The molecule has 0 heterocycles. The zero-order chi connectivity index (χ0) is 10.0. The second-order valence-electron chi connectivity index (χ2n) is 2.40. The molecule has 1 rings (SSSR count). The van der Waals surface area contributed by atoms with Crippen LogP contribution in [0.2, 0.25) is 5.02 Å². The molecule has 0 aliphatic rings. The van der Waals surface area contributed by atoms with Crippen LogP contribution in [0.4, 0.5) is 0 Å². The highest BCUT2D eigenvalue weighted by atomic mass is 79.9. The number of phenolic OH excluding ortho intramolecular Hbond substituents is 1. The molecular weight excluding hydrogens is 255 g/mol. The summed E-state index contributed by atoms with van der Waals surface area (Å²) in [6, 6.07) is 4.05. The fourth-order valence-corrected chi connectivity index (χ4v) is 1.53. The molecule has 0 radical (unpaired) electrons. The lowest BCUT2D eigenvalue weighted by molar-refractivity contribution is 0.463. The third kappa shape index (κ3) is 1.94.